The summed E-state index contributed by atoms with van der Waals surface area (Å²) in [5.74, 6) is -0.212. The fourth-order valence-electron chi connectivity index (χ4n) is 3.85. The molecule has 1 spiro atoms. The third-order valence-electron chi connectivity index (χ3n) is 5.63. The molecular weight excluding hydrogens is 414 g/mol. The lowest BCUT2D eigenvalue weighted by atomic mass is 9.90. The number of carbonyl (C=O) groups excluding carboxylic acids is 3. The molecule has 11 heteroatoms. The molecule has 10 nitrogen and oxygen atoms in total. The van der Waals surface area contributed by atoms with Crippen molar-refractivity contribution in [2.24, 2.45) is 0 Å². The summed E-state index contributed by atoms with van der Waals surface area (Å²) in [7, 11) is 1.13. The summed E-state index contributed by atoms with van der Waals surface area (Å²) in [6.07, 6.45) is -0.0135. The summed E-state index contributed by atoms with van der Waals surface area (Å²) < 4.78 is 34.1. The van der Waals surface area contributed by atoms with Crippen LogP contribution in [-0.4, -0.2) is 80.9 Å². The molecule has 2 aliphatic rings. The van der Waals surface area contributed by atoms with Crippen LogP contribution in [-0.2, 0) is 26.0 Å². The maximum absolute atomic E-state index is 12.7. The maximum Gasteiger partial charge on any atom is 0.327 e. The van der Waals surface area contributed by atoms with E-state index in [1.807, 2.05) is 0 Å². The predicted octanol–water partition coefficient (Wildman–Crippen LogP) is 0.161. The highest BCUT2D eigenvalue weighted by Crippen LogP contribution is 2.37. The Morgan fingerprint density at radius 1 is 1.13 bits per heavy atom. The molecule has 1 N–H and O–H groups in total. The van der Waals surface area contributed by atoms with E-state index in [0.717, 1.165) is 10.5 Å². The van der Waals surface area contributed by atoms with Gasteiger partial charge in [-0.1, -0.05) is 6.07 Å². The van der Waals surface area contributed by atoms with E-state index in [-0.39, 0.29) is 37.4 Å². The van der Waals surface area contributed by atoms with Crippen LogP contribution in [0.25, 0.3) is 0 Å². The number of carbonyl (C=O) groups is 3. The van der Waals surface area contributed by atoms with Gasteiger partial charge in [0.05, 0.1) is 25.7 Å². The molecule has 2 heterocycles. The third-order valence-corrected chi connectivity index (χ3v) is 7.28. The highest BCUT2D eigenvalue weighted by Gasteiger charge is 2.58. The number of nitrogens with one attached hydrogen (secondary N) is 1. The van der Waals surface area contributed by atoms with Gasteiger partial charge in [-0.2, -0.15) is 0 Å². The van der Waals surface area contributed by atoms with Crippen LogP contribution in [0, 0.1) is 0 Å². The first kappa shape index (κ1) is 21.9. The van der Waals surface area contributed by atoms with E-state index in [1.54, 1.807) is 18.2 Å². The molecule has 0 aliphatic carbocycles. The molecule has 2 aliphatic heterocycles. The lowest BCUT2D eigenvalue weighted by molar-refractivity contribution is -0.133. The van der Waals surface area contributed by atoms with Crippen molar-refractivity contribution in [1.82, 2.24) is 15.1 Å². The van der Waals surface area contributed by atoms with E-state index in [1.165, 1.54) is 26.2 Å². The van der Waals surface area contributed by atoms with Gasteiger partial charge in [0.25, 0.3) is 5.91 Å². The second-order valence-electron chi connectivity index (χ2n) is 7.38. The van der Waals surface area contributed by atoms with Crippen LogP contribution < -0.4 is 14.8 Å². The zero-order valence-corrected chi connectivity index (χ0v) is 18.0. The number of ether oxygens (including phenoxy) is 2. The third kappa shape index (κ3) is 3.93. The fraction of sp³-hybridized carbons (Fsp3) is 0.526. The van der Waals surface area contributed by atoms with Gasteiger partial charge in [0, 0.05) is 13.6 Å². The van der Waals surface area contributed by atoms with E-state index in [0.29, 0.717) is 11.5 Å². The van der Waals surface area contributed by atoms with Crippen molar-refractivity contribution in [1.29, 1.82) is 0 Å². The van der Waals surface area contributed by atoms with Crippen molar-refractivity contribution in [3.63, 3.8) is 0 Å². The number of methoxy groups -OCH3 is 2. The zero-order valence-electron chi connectivity index (χ0n) is 17.1. The van der Waals surface area contributed by atoms with Crippen LogP contribution in [0.5, 0.6) is 11.5 Å². The van der Waals surface area contributed by atoms with Gasteiger partial charge in [0.2, 0.25) is 5.91 Å². The molecule has 1 aromatic rings. The number of benzene rings is 1. The quantitative estimate of drug-likeness (QED) is 0.627. The van der Waals surface area contributed by atoms with Gasteiger partial charge in [-0.05, 0) is 30.5 Å². The Morgan fingerprint density at radius 2 is 1.77 bits per heavy atom. The molecule has 0 atom stereocenters. The Kier molecular flexibility index (Phi) is 5.93. The highest BCUT2D eigenvalue weighted by molar-refractivity contribution is 7.91. The number of nitrogens with zero attached hydrogens (tertiary/aromatic N) is 2. The molecule has 0 radical (unpaired) electrons. The summed E-state index contributed by atoms with van der Waals surface area (Å²) in [5, 5.41) is 2.73. The molecule has 0 unspecified atom stereocenters. The first-order valence-corrected chi connectivity index (χ1v) is 11.2. The van der Waals surface area contributed by atoms with Crippen LogP contribution in [0.15, 0.2) is 18.2 Å². The van der Waals surface area contributed by atoms with Crippen molar-refractivity contribution in [2.75, 3.05) is 39.3 Å². The topological polar surface area (TPSA) is 122 Å². The van der Waals surface area contributed by atoms with Crippen LogP contribution in [0.3, 0.4) is 0 Å². The van der Waals surface area contributed by atoms with Gasteiger partial charge in [-0.3, -0.25) is 14.5 Å². The number of rotatable bonds is 6. The normalized spacial score (nSPS) is 19.8. The van der Waals surface area contributed by atoms with E-state index < -0.39 is 33.2 Å². The van der Waals surface area contributed by atoms with Gasteiger partial charge in [0.1, 0.15) is 12.1 Å². The predicted molar refractivity (Wildman–Crippen MR) is 107 cm³/mol. The summed E-state index contributed by atoms with van der Waals surface area (Å²) in [6, 6.07) is 4.62. The van der Waals surface area contributed by atoms with Gasteiger partial charge >= 0.3 is 6.03 Å². The van der Waals surface area contributed by atoms with Crippen LogP contribution in [0.1, 0.15) is 18.4 Å². The zero-order chi connectivity index (χ0) is 22.1. The van der Waals surface area contributed by atoms with Gasteiger partial charge in [-0.25, -0.2) is 13.2 Å². The van der Waals surface area contributed by atoms with Crippen molar-refractivity contribution in [2.45, 2.75) is 24.9 Å². The Morgan fingerprint density at radius 3 is 2.37 bits per heavy atom. The first-order chi connectivity index (χ1) is 14.1. The number of amides is 4. The number of hydrogen-bond acceptors (Lipinski definition) is 7. The Hall–Kier alpha value is -2.82. The van der Waals surface area contributed by atoms with Crippen molar-refractivity contribution in [3.8, 4) is 11.5 Å². The second kappa shape index (κ2) is 8.13. The summed E-state index contributed by atoms with van der Waals surface area (Å²) in [4.78, 5) is 40.0. The average Bonchev–Trinajstić information content (AvgIpc) is 2.90. The van der Waals surface area contributed by atoms with Crippen molar-refractivity contribution >= 4 is 27.7 Å². The molecule has 0 aromatic heterocycles. The van der Waals surface area contributed by atoms with E-state index in [9.17, 15) is 22.8 Å². The fourth-order valence-corrected chi connectivity index (χ4v) is 5.35. The molecule has 3 rings (SSSR count). The average molecular weight is 439 g/mol. The molecule has 4 amide bonds. The molecule has 2 fully saturated rings. The van der Waals surface area contributed by atoms with Crippen LogP contribution in [0.2, 0.25) is 0 Å². The van der Waals surface area contributed by atoms with E-state index >= 15 is 0 Å². The van der Waals surface area contributed by atoms with Gasteiger partial charge in [-0.15, -0.1) is 0 Å². The molecule has 0 saturated carbocycles. The smallest absolute Gasteiger partial charge is 0.327 e. The minimum absolute atomic E-state index is 0.00674. The Bertz CT molecular complexity index is 962. The lowest BCUT2D eigenvalue weighted by Crippen LogP contribution is -2.56. The number of imide groups is 1. The SMILES string of the molecule is COc1ccc(CNC(=O)CN2C(=O)N(C)C(=O)C23CCS(=O)(=O)CC3)cc1OC. The molecule has 30 heavy (non-hydrogen) atoms. The van der Waals surface area contributed by atoms with Gasteiger partial charge in [0.15, 0.2) is 21.3 Å². The van der Waals surface area contributed by atoms with Crippen molar-refractivity contribution in [3.05, 3.63) is 23.8 Å². The minimum Gasteiger partial charge on any atom is -0.493 e. The number of hydrogen-bond donors (Lipinski definition) is 1. The number of urea groups is 1. The molecule has 1 aromatic carbocycles. The number of sulfone groups is 1. The minimum atomic E-state index is -3.25. The van der Waals surface area contributed by atoms with Crippen LogP contribution >= 0.6 is 0 Å². The summed E-state index contributed by atoms with van der Waals surface area (Å²) in [6.45, 7) is -0.144. The first-order valence-electron chi connectivity index (χ1n) is 9.41. The largest absolute Gasteiger partial charge is 0.493 e. The Labute approximate surface area is 175 Å². The molecule has 164 valence electrons. The standard InChI is InChI=1S/C19H25N3O7S/c1-21-17(24)19(6-8-30(26,27)9-7-19)22(18(21)25)12-16(23)20-11-13-4-5-14(28-2)15(10-13)29-3/h4-5,10H,6-9,11-12H2,1-3H3,(H,20,23). The maximum atomic E-state index is 12.7. The van der Waals surface area contributed by atoms with Crippen molar-refractivity contribution < 1.29 is 32.3 Å². The molecular formula is C19H25N3O7S. The second-order valence-corrected chi connectivity index (χ2v) is 9.69. The number of likely N-dealkylation sites (N-methyl/N-ethyl adjacent to an activating group) is 1. The Balaban J connectivity index is 1.70. The summed E-state index contributed by atoms with van der Waals surface area (Å²) in [5.41, 5.74) is -0.516. The lowest BCUT2D eigenvalue weighted by Gasteiger charge is -2.37. The monoisotopic (exact) mass is 439 g/mol. The molecule has 0 bridgehead atoms. The summed E-state index contributed by atoms with van der Waals surface area (Å²) >= 11 is 0. The van der Waals surface area contributed by atoms with Gasteiger partial charge < -0.3 is 19.7 Å². The highest BCUT2D eigenvalue weighted by atomic mass is 32.2. The van der Waals surface area contributed by atoms with E-state index in [2.05, 4.69) is 5.32 Å². The van der Waals surface area contributed by atoms with E-state index in [4.69, 9.17) is 9.47 Å². The van der Waals surface area contributed by atoms with Crippen LogP contribution in [0.4, 0.5) is 4.79 Å². The molecule has 2 saturated heterocycles.